The van der Waals surface area contributed by atoms with E-state index >= 15 is 0 Å². The fourth-order valence-corrected chi connectivity index (χ4v) is 6.17. The number of nitrogen functional groups attached to an aromatic ring is 1. The number of fused-ring (bicyclic) bond motifs is 1. The number of phenols is 1. The first kappa shape index (κ1) is 32.6. The maximum atomic E-state index is 12.4. The van der Waals surface area contributed by atoms with Gasteiger partial charge in [0.2, 0.25) is 0 Å². The highest BCUT2D eigenvalue weighted by molar-refractivity contribution is 7.91. The number of benzene rings is 4. The zero-order chi connectivity index (χ0) is 32.4. The average molecular weight is 664 g/mol. The first-order valence-electron chi connectivity index (χ1n) is 12.4. The van der Waals surface area contributed by atoms with Crippen LogP contribution in [-0.2, 0) is 34.5 Å². The molecule has 0 aliphatic carbocycles. The smallest absolute Gasteiger partial charge is 0.397 e. The van der Waals surface area contributed by atoms with E-state index in [4.69, 9.17) is 10.3 Å². The predicted molar refractivity (Wildman–Crippen MR) is 160 cm³/mol. The lowest BCUT2D eigenvalue weighted by Gasteiger charge is -2.13. The maximum Gasteiger partial charge on any atom is 0.397 e. The largest absolute Gasteiger partial charge is 0.505 e. The van der Waals surface area contributed by atoms with E-state index in [1.165, 1.54) is 18.2 Å². The normalized spacial score (nSPS) is 12.9. The van der Waals surface area contributed by atoms with Gasteiger partial charge in [0.15, 0.2) is 15.6 Å². The van der Waals surface area contributed by atoms with Crippen molar-refractivity contribution in [3.05, 3.63) is 71.8 Å². The van der Waals surface area contributed by atoms with Crippen molar-refractivity contribution < 1.29 is 43.6 Å². The third-order valence-electron chi connectivity index (χ3n) is 6.16. The molecule has 5 N–H and O–H groups in total. The van der Waals surface area contributed by atoms with Gasteiger partial charge in [-0.1, -0.05) is 17.7 Å². The number of sulfone groups is 1. The lowest BCUT2D eigenvalue weighted by Crippen LogP contribution is -2.15. The number of hydrogen-bond donors (Lipinski definition) is 4. The molecule has 18 heteroatoms. The number of azo groups is 2. The van der Waals surface area contributed by atoms with Crippen LogP contribution in [0.1, 0.15) is 11.1 Å². The third-order valence-corrected chi connectivity index (χ3v) is 9.19. The van der Waals surface area contributed by atoms with E-state index in [1.54, 1.807) is 19.1 Å². The van der Waals surface area contributed by atoms with Gasteiger partial charge in [0.05, 0.1) is 39.7 Å². The molecule has 232 valence electrons. The first-order chi connectivity index (χ1) is 20.5. The van der Waals surface area contributed by atoms with Crippen LogP contribution in [-0.4, -0.2) is 51.8 Å². The summed E-state index contributed by atoms with van der Waals surface area (Å²) in [4.78, 5) is -0.927. The minimum absolute atomic E-state index is 0.0247. The quantitative estimate of drug-likeness (QED) is 0.0947. The van der Waals surface area contributed by atoms with Crippen LogP contribution < -0.4 is 5.73 Å². The highest BCUT2D eigenvalue weighted by Crippen LogP contribution is 2.47. The van der Waals surface area contributed by atoms with Gasteiger partial charge >= 0.3 is 10.4 Å². The van der Waals surface area contributed by atoms with Crippen molar-refractivity contribution in [3.63, 3.8) is 0 Å². The van der Waals surface area contributed by atoms with E-state index in [0.29, 0.717) is 11.3 Å². The Labute approximate surface area is 252 Å². The molecule has 0 saturated heterocycles. The summed E-state index contributed by atoms with van der Waals surface area (Å²) in [6.07, 6.45) is 0. The van der Waals surface area contributed by atoms with Gasteiger partial charge in [-0.05, 0) is 73.3 Å². The number of aryl methyl sites for hydroxylation is 2. The van der Waals surface area contributed by atoms with E-state index in [-0.39, 0.29) is 32.7 Å². The molecule has 0 heterocycles. The maximum absolute atomic E-state index is 12.4. The Morgan fingerprint density at radius 3 is 1.86 bits per heavy atom. The molecular weight excluding hydrogens is 639 g/mol. The molecule has 0 spiro atoms. The fourth-order valence-electron chi connectivity index (χ4n) is 4.01. The Bertz CT molecular complexity index is 2130. The molecular formula is C26H25N5O10S3. The average Bonchev–Trinajstić information content (AvgIpc) is 2.92. The Kier molecular flexibility index (Phi) is 9.14. The molecule has 15 nitrogen and oxygen atoms in total. The molecule has 0 fully saturated rings. The highest BCUT2D eigenvalue weighted by atomic mass is 32.3. The molecule has 4 aromatic rings. The Morgan fingerprint density at radius 2 is 1.32 bits per heavy atom. The monoisotopic (exact) mass is 663 g/mol. The van der Waals surface area contributed by atoms with Crippen molar-refractivity contribution in [2.75, 3.05) is 18.1 Å². The molecule has 0 aliphatic rings. The summed E-state index contributed by atoms with van der Waals surface area (Å²) >= 11 is 0. The summed E-state index contributed by atoms with van der Waals surface area (Å²) in [5.74, 6) is -1.17. The SMILES string of the molecule is Cc1ccc(N=Nc2c(C)cc3cc(S(=O)(=O)O)c(N=Nc4ccc(S(=O)(=O)CCOS(=O)(=O)O)cc4)c(N)c3c2O)cc1. The number of hydrogen-bond acceptors (Lipinski definition) is 13. The lowest BCUT2D eigenvalue weighted by atomic mass is 10.0. The summed E-state index contributed by atoms with van der Waals surface area (Å²) in [7, 11) is -13.7. The Balaban J connectivity index is 1.73. The van der Waals surface area contributed by atoms with E-state index in [1.807, 2.05) is 19.1 Å². The second-order valence-electron chi connectivity index (χ2n) is 9.40. The predicted octanol–water partition coefficient (Wildman–Crippen LogP) is 5.42. The standard InChI is InChI=1S/C26H25N5O10S3/c1-15-3-5-18(6-4-15)28-30-24-16(2)13-17-14-21(43(35,36)37)25(23(27)22(17)26(24)32)31-29-19-7-9-20(10-8-19)42(33,34)12-11-41-44(38,39)40/h3-10,13-14,32H,11-12,27H2,1-2H3,(H,35,36,37)(H,38,39,40). The molecule has 4 aromatic carbocycles. The molecule has 0 bridgehead atoms. The van der Waals surface area contributed by atoms with E-state index in [0.717, 1.165) is 23.8 Å². The van der Waals surface area contributed by atoms with Crippen LogP contribution in [0.5, 0.6) is 5.75 Å². The second-order valence-corrected chi connectivity index (χ2v) is 14.0. The van der Waals surface area contributed by atoms with Gasteiger partial charge in [-0.3, -0.25) is 9.11 Å². The topological polar surface area (TPSA) is 248 Å². The van der Waals surface area contributed by atoms with E-state index in [9.17, 15) is 34.9 Å². The van der Waals surface area contributed by atoms with Crippen molar-refractivity contribution in [1.82, 2.24) is 0 Å². The van der Waals surface area contributed by atoms with Crippen LogP contribution in [0.4, 0.5) is 28.4 Å². The lowest BCUT2D eigenvalue weighted by molar-refractivity contribution is 0.284. The van der Waals surface area contributed by atoms with Crippen molar-refractivity contribution >= 4 is 69.6 Å². The van der Waals surface area contributed by atoms with Gasteiger partial charge in [-0.2, -0.15) is 27.1 Å². The third kappa shape index (κ3) is 7.59. The van der Waals surface area contributed by atoms with Crippen molar-refractivity contribution in [1.29, 1.82) is 0 Å². The summed E-state index contributed by atoms with van der Waals surface area (Å²) in [6, 6.07) is 14.4. The number of anilines is 1. The van der Waals surface area contributed by atoms with E-state index < -0.39 is 59.0 Å². The second kappa shape index (κ2) is 12.3. The van der Waals surface area contributed by atoms with Gasteiger partial charge in [0.25, 0.3) is 10.1 Å². The molecule has 0 unspecified atom stereocenters. The molecule has 0 amide bonds. The number of aromatic hydroxyl groups is 1. The van der Waals surface area contributed by atoms with Gasteiger partial charge < -0.3 is 10.8 Å². The van der Waals surface area contributed by atoms with Crippen LogP contribution in [0.25, 0.3) is 10.8 Å². The van der Waals surface area contributed by atoms with Crippen molar-refractivity contribution in [3.8, 4) is 5.75 Å². The molecule has 0 aromatic heterocycles. The minimum Gasteiger partial charge on any atom is -0.505 e. The number of nitrogens with two attached hydrogens (primary N) is 1. The molecule has 0 atom stereocenters. The zero-order valence-corrected chi connectivity index (χ0v) is 25.4. The first-order valence-corrected chi connectivity index (χ1v) is 16.8. The van der Waals surface area contributed by atoms with Crippen LogP contribution >= 0.6 is 0 Å². The van der Waals surface area contributed by atoms with E-state index in [2.05, 4.69) is 24.6 Å². The molecule has 4 rings (SSSR count). The van der Waals surface area contributed by atoms with Crippen LogP contribution in [0.15, 0.2) is 90.9 Å². The molecule has 0 aliphatic heterocycles. The highest BCUT2D eigenvalue weighted by Gasteiger charge is 2.24. The van der Waals surface area contributed by atoms with Crippen LogP contribution in [0, 0.1) is 13.8 Å². The number of nitrogens with zero attached hydrogens (tertiary/aromatic N) is 4. The Hall–Kier alpha value is -4.33. The fraction of sp³-hybridized carbons (Fsp3) is 0.154. The number of phenolic OH excluding ortho intramolecular Hbond substituents is 1. The van der Waals surface area contributed by atoms with Crippen LogP contribution in [0.2, 0.25) is 0 Å². The number of rotatable bonds is 10. The molecule has 44 heavy (non-hydrogen) atoms. The zero-order valence-electron chi connectivity index (χ0n) is 23.0. The molecule has 0 radical (unpaired) electrons. The Morgan fingerprint density at radius 1 is 0.773 bits per heavy atom. The summed E-state index contributed by atoms with van der Waals surface area (Å²) in [6.45, 7) is 2.71. The minimum atomic E-state index is -4.89. The van der Waals surface area contributed by atoms with Crippen molar-refractivity contribution in [2.24, 2.45) is 20.5 Å². The summed E-state index contributed by atoms with van der Waals surface area (Å²) in [5.41, 5.74) is 7.49. The summed E-state index contributed by atoms with van der Waals surface area (Å²) < 4.78 is 93.1. The van der Waals surface area contributed by atoms with Gasteiger partial charge in [0, 0.05) is 0 Å². The summed E-state index contributed by atoms with van der Waals surface area (Å²) in [5, 5.41) is 27.3. The van der Waals surface area contributed by atoms with Crippen LogP contribution in [0.3, 0.4) is 0 Å². The van der Waals surface area contributed by atoms with Crippen molar-refractivity contribution in [2.45, 2.75) is 23.6 Å². The molecule has 0 saturated carbocycles. The van der Waals surface area contributed by atoms with Gasteiger partial charge in [-0.15, -0.1) is 10.2 Å². The van der Waals surface area contributed by atoms with Gasteiger partial charge in [0.1, 0.15) is 16.3 Å². The van der Waals surface area contributed by atoms with Gasteiger partial charge in [-0.25, -0.2) is 12.6 Å².